The van der Waals surface area contributed by atoms with Crippen LogP contribution in [0, 0.1) is 6.92 Å². The lowest BCUT2D eigenvalue weighted by molar-refractivity contribution is -0.134. The summed E-state index contributed by atoms with van der Waals surface area (Å²) in [5, 5.41) is 18.9. The van der Waals surface area contributed by atoms with Crippen molar-refractivity contribution in [2.24, 2.45) is 0 Å². The number of rotatable bonds is 7. The Labute approximate surface area is 156 Å². The van der Waals surface area contributed by atoms with E-state index in [4.69, 9.17) is 4.74 Å². The molecule has 3 N–H and O–H groups in total. The molecule has 10 nitrogen and oxygen atoms in total. The van der Waals surface area contributed by atoms with Crippen molar-refractivity contribution in [3.63, 3.8) is 0 Å². The number of aryl methyl sites for hydroxylation is 1. The Morgan fingerprint density at radius 1 is 1.44 bits per heavy atom. The molecule has 0 spiro atoms. The summed E-state index contributed by atoms with van der Waals surface area (Å²) in [6.07, 6.45) is 0.0683. The van der Waals surface area contributed by atoms with Crippen molar-refractivity contribution in [3.8, 4) is 5.75 Å². The number of carbonyl (C=O) groups is 2. The van der Waals surface area contributed by atoms with Gasteiger partial charge in [0.15, 0.2) is 5.82 Å². The maximum atomic E-state index is 12.3. The molecule has 1 fully saturated rings. The number of ether oxygens (including phenoxy) is 1. The second-order valence-electron chi connectivity index (χ2n) is 6.39. The van der Waals surface area contributed by atoms with E-state index in [1.165, 1.54) is 0 Å². The number of aromatic amines is 1. The summed E-state index contributed by atoms with van der Waals surface area (Å²) in [5.41, 5.74) is 2.10. The predicted octanol–water partition coefficient (Wildman–Crippen LogP) is -0.476. The van der Waals surface area contributed by atoms with Gasteiger partial charge in [0.25, 0.3) is 0 Å². The average Bonchev–Trinajstić information content (AvgIpc) is 3.17. The van der Waals surface area contributed by atoms with Crippen molar-refractivity contribution in [3.05, 3.63) is 35.2 Å². The molecule has 2 aromatic rings. The summed E-state index contributed by atoms with van der Waals surface area (Å²) in [4.78, 5) is 26.6. The zero-order valence-electron chi connectivity index (χ0n) is 15.4. The fourth-order valence-electron chi connectivity index (χ4n) is 3.13. The molecule has 1 aliphatic rings. The standard InChI is InChI=1S/C17H23N7O3/c1-11-7-12(3-4-14(11)27-2)10-24-6-5-18-17(26)13(24)8-16(25)19-9-15-20-22-23-21-15/h3-4,7,13H,5-6,8-10H2,1-2H3,(H,18,26)(H,19,25)(H,20,21,22,23). The van der Waals surface area contributed by atoms with Gasteiger partial charge in [-0.15, -0.1) is 10.2 Å². The minimum absolute atomic E-state index is 0.0683. The summed E-state index contributed by atoms with van der Waals surface area (Å²) in [6, 6.07) is 5.41. The maximum Gasteiger partial charge on any atom is 0.237 e. The number of methoxy groups -OCH3 is 1. The molecule has 27 heavy (non-hydrogen) atoms. The van der Waals surface area contributed by atoms with Crippen LogP contribution < -0.4 is 15.4 Å². The van der Waals surface area contributed by atoms with Crippen LogP contribution in [0.3, 0.4) is 0 Å². The lowest BCUT2D eigenvalue weighted by atomic mass is 10.1. The summed E-state index contributed by atoms with van der Waals surface area (Å²) in [5.74, 6) is 0.841. The van der Waals surface area contributed by atoms with Crippen LogP contribution >= 0.6 is 0 Å². The number of piperazine rings is 1. The molecule has 1 atom stereocenters. The molecule has 10 heteroatoms. The number of benzene rings is 1. The van der Waals surface area contributed by atoms with Gasteiger partial charge in [-0.1, -0.05) is 17.3 Å². The number of nitrogens with zero attached hydrogens (tertiary/aromatic N) is 4. The minimum atomic E-state index is -0.522. The molecule has 0 radical (unpaired) electrons. The van der Waals surface area contributed by atoms with E-state index >= 15 is 0 Å². The Hall–Kier alpha value is -3.01. The van der Waals surface area contributed by atoms with Crippen molar-refractivity contribution in [2.75, 3.05) is 20.2 Å². The normalized spacial score (nSPS) is 17.4. The number of carbonyl (C=O) groups excluding carboxylic acids is 2. The Morgan fingerprint density at radius 3 is 3.00 bits per heavy atom. The first-order valence-electron chi connectivity index (χ1n) is 8.71. The number of nitrogens with one attached hydrogen (secondary N) is 3. The van der Waals surface area contributed by atoms with Crippen LogP contribution in [0.25, 0.3) is 0 Å². The van der Waals surface area contributed by atoms with Gasteiger partial charge >= 0.3 is 0 Å². The number of tetrazole rings is 1. The van der Waals surface area contributed by atoms with Crippen LogP contribution in [-0.4, -0.2) is 63.6 Å². The fraction of sp³-hybridized carbons (Fsp3) is 0.471. The van der Waals surface area contributed by atoms with E-state index in [-0.39, 0.29) is 24.8 Å². The Morgan fingerprint density at radius 2 is 2.30 bits per heavy atom. The number of hydrogen-bond acceptors (Lipinski definition) is 7. The fourth-order valence-corrected chi connectivity index (χ4v) is 3.13. The van der Waals surface area contributed by atoms with Gasteiger partial charge in [0.1, 0.15) is 5.75 Å². The van der Waals surface area contributed by atoms with E-state index in [2.05, 4.69) is 31.3 Å². The first kappa shape index (κ1) is 18.8. The van der Waals surface area contributed by atoms with Crippen LogP contribution in [0.2, 0.25) is 0 Å². The summed E-state index contributed by atoms with van der Waals surface area (Å²) < 4.78 is 5.29. The first-order valence-corrected chi connectivity index (χ1v) is 8.71. The molecule has 3 rings (SSSR count). The van der Waals surface area contributed by atoms with Crippen molar-refractivity contribution in [2.45, 2.75) is 32.5 Å². The van der Waals surface area contributed by atoms with Crippen molar-refractivity contribution < 1.29 is 14.3 Å². The molecule has 144 valence electrons. The molecule has 2 amide bonds. The highest BCUT2D eigenvalue weighted by Gasteiger charge is 2.31. The number of hydrogen-bond donors (Lipinski definition) is 3. The zero-order valence-corrected chi connectivity index (χ0v) is 15.4. The van der Waals surface area contributed by atoms with Crippen molar-refractivity contribution >= 4 is 11.8 Å². The summed E-state index contributed by atoms with van der Waals surface area (Å²) in [7, 11) is 1.64. The number of H-pyrrole nitrogens is 1. The molecular formula is C17H23N7O3. The largest absolute Gasteiger partial charge is 0.496 e. The molecule has 0 saturated carbocycles. The molecule has 1 aromatic heterocycles. The second-order valence-corrected chi connectivity index (χ2v) is 6.39. The molecule has 1 aromatic carbocycles. The third-order valence-electron chi connectivity index (χ3n) is 4.50. The van der Waals surface area contributed by atoms with Crippen LogP contribution in [-0.2, 0) is 22.7 Å². The van der Waals surface area contributed by atoms with E-state index in [9.17, 15) is 9.59 Å². The molecule has 1 saturated heterocycles. The van der Waals surface area contributed by atoms with Gasteiger partial charge in [0, 0.05) is 19.6 Å². The third-order valence-corrected chi connectivity index (χ3v) is 4.50. The van der Waals surface area contributed by atoms with E-state index in [1.807, 2.05) is 30.0 Å². The topological polar surface area (TPSA) is 125 Å². The molecule has 1 unspecified atom stereocenters. The van der Waals surface area contributed by atoms with E-state index in [1.54, 1.807) is 7.11 Å². The van der Waals surface area contributed by atoms with E-state index < -0.39 is 6.04 Å². The highest BCUT2D eigenvalue weighted by Crippen LogP contribution is 2.21. The van der Waals surface area contributed by atoms with Gasteiger partial charge in [-0.05, 0) is 24.1 Å². The van der Waals surface area contributed by atoms with Gasteiger partial charge in [0.2, 0.25) is 11.8 Å². The smallest absolute Gasteiger partial charge is 0.237 e. The molecule has 1 aliphatic heterocycles. The van der Waals surface area contributed by atoms with Crippen LogP contribution in [0.15, 0.2) is 18.2 Å². The average molecular weight is 373 g/mol. The monoisotopic (exact) mass is 373 g/mol. The molecule has 2 heterocycles. The van der Waals surface area contributed by atoms with Gasteiger partial charge in [-0.25, -0.2) is 0 Å². The van der Waals surface area contributed by atoms with Crippen LogP contribution in [0.1, 0.15) is 23.4 Å². The van der Waals surface area contributed by atoms with Gasteiger partial charge in [-0.2, -0.15) is 5.21 Å². The van der Waals surface area contributed by atoms with Gasteiger partial charge < -0.3 is 15.4 Å². The number of aromatic nitrogens is 4. The summed E-state index contributed by atoms with van der Waals surface area (Å²) in [6.45, 7) is 3.98. The van der Waals surface area contributed by atoms with Gasteiger partial charge in [0.05, 0.1) is 26.1 Å². The predicted molar refractivity (Wildman–Crippen MR) is 95.6 cm³/mol. The summed E-state index contributed by atoms with van der Waals surface area (Å²) >= 11 is 0. The molecular weight excluding hydrogens is 350 g/mol. The SMILES string of the molecule is COc1ccc(CN2CCNC(=O)C2CC(=O)NCc2nn[nH]n2)cc1C. The van der Waals surface area contributed by atoms with Crippen LogP contribution in [0.5, 0.6) is 5.75 Å². The first-order chi connectivity index (χ1) is 13.1. The van der Waals surface area contributed by atoms with E-state index in [0.717, 1.165) is 16.9 Å². The highest BCUT2D eigenvalue weighted by atomic mass is 16.5. The lowest BCUT2D eigenvalue weighted by Gasteiger charge is -2.34. The second kappa shape index (κ2) is 8.58. The highest BCUT2D eigenvalue weighted by molar-refractivity contribution is 5.88. The van der Waals surface area contributed by atoms with Crippen molar-refractivity contribution in [1.29, 1.82) is 0 Å². The lowest BCUT2D eigenvalue weighted by Crippen LogP contribution is -2.56. The quantitative estimate of drug-likeness (QED) is 0.599. The van der Waals surface area contributed by atoms with Crippen molar-refractivity contribution in [1.82, 2.24) is 36.2 Å². The zero-order chi connectivity index (χ0) is 19.2. The third kappa shape index (κ3) is 4.79. The Bertz CT molecular complexity index is 794. The molecule has 0 aliphatic carbocycles. The van der Waals surface area contributed by atoms with E-state index in [0.29, 0.717) is 25.5 Å². The Kier molecular flexibility index (Phi) is 5.97. The Balaban J connectivity index is 1.63. The molecule has 0 bridgehead atoms. The minimum Gasteiger partial charge on any atom is -0.496 e. The van der Waals surface area contributed by atoms with Gasteiger partial charge in [-0.3, -0.25) is 14.5 Å². The number of amides is 2. The maximum absolute atomic E-state index is 12.3. The van der Waals surface area contributed by atoms with Crippen LogP contribution in [0.4, 0.5) is 0 Å².